The van der Waals surface area contributed by atoms with E-state index >= 15 is 0 Å². The highest BCUT2D eigenvalue weighted by molar-refractivity contribution is 5.94. The van der Waals surface area contributed by atoms with Gasteiger partial charge in [-0.3, -0.25) is 4.79 Å². The maximum Gasteiger partial charge on any atom is 0.271 e. The molecule has 4 nitrogen and oxygen atoms in total. The molecule has 27 heavy (non-hydrogen) atoms. The number of carbonyl (C=O) groups excluding carboxylic acids is 1. The summed E-state index contributed by atoms with van der Waals surface area (Å²) in [5.74, 6) is -0.216. The van der Waals surface area contributed by atoms with Crippen LogP contribution >= 0.6 is 0 Å². The predicted octanol–water partition coefficient (Wildman–Crippen LogP) is 4.74. The van der Waals surface area contributed by atoms with Crippen molar-refractivity contribution in [2.24, 2.45) is 10.5 Å². The van der Waals surface area contributed by atoms with Gasteiger partial charge in [0.05, 0.1) is 0 Å². The van der Waals surface area contributed by atoms with Crippen molar-refractivity contribution >= 4 is 17.8 Å². The molecular formula is C23H27N3O. The van der Waals surface area contributed by atoms with Crippen LogP contribution in [0.2, 0.25) is 0 Å². The molecule has 1 aliphatic heterocycles. The van der Waals surface area contributed by atoms with E-state index in [0.29, 0.717) is 5.56 Å². The van der Waals surface area contributed by atoms with E-state index in [9.17, 15) is 4.79 Å². The monoisotopic (exact) mass is 361 g/mol. The SMILES string of the molecule is CN1/C(=C\C=N\NC(=O)c2ccccc2)C(C)(C(C)(C)C)c2ccccc21. The summed E-state index contributed by atoms with van der Waals surface area (Å²) in [6.07, 6.45) is 3.67. The van der Waals surface area contributed by atoms with Crippen molar-refractivity contribution in [3.63, 3.8) is 0 Å². The summed E-state index contributed by atoms with van der Waals surface area (Å²) in [5, 5.41) is 4.13. The largest absolute Gasteiger partial charge is 0.347 e. The average molecular weight is 361 g/mol. The van der Waals surface area contributed by atoms with E-state index in [1.54, 1.807) is 18.3 Å². The lowest BCUT2D eigenvalue weighted by atomic mass is 9.63. The molecule has 140 valence electrons. The second kappa shape index (κ2) is 7.03. The van der Waals surface area contributed by atoms with E-state index in [1.165, 1.54) is 11.3 Å². The number of anilines is 1. The first-order valence-corrected chi connectivity index (χ1v) is 9.19. The zero-order valence-electron chi connectivity index (χ0n) is 16.7. The van der Waals surface area contributed by atoms with Crippen LogP contribution in [0.1, 0.15) is 43.6 Å². The second-order valence-corrected chi connectivity index (χ2v) is 8.09. The number of hydrogen-bond donors (Lipinski definition) is 1. The van der Waals surface area contributed by atoms with Gasteiger partial charge in [0.2, 0.25) is 0 Å². The second-order valence-electron chi connectivity index (χ2n) is 8.09. The minimum atomic E-state index is -0.216. The summed E-state index contributed by atoms with van der Waals surface area (Å²) in [4.78, 5) is 14.3. The van der Waals surface area contributed by atoms with Crippen molar-refractivity contribution in [1.29, 1.82) is 0 Å². The maximum absolute atomic E-state index is 12.1. The lowest BCUT2D eigenvalue weighted by Gasteiger charge is -2.41. The Morgan fingerprint density at radius 3 is 2.37 bits per heavy atom. The topological polar surface area (TPSA) is 44.7 Å². The summed E-state index contributed by atoms with van der Waals surface area (Å²) in [5.41, 5.74) is 6.72. The number of likely N-dealkylation sites (N-methyl/N-ethyl adjacent to an activating group) is 1. The van der Waals surface area contributed by atoms with Gasteiger partial charge in [-0.15, -0.1) is 0 Å². The molecule has 4 heteroatoms. The number of nitrogens with zero attached hydrogens (tertiary/aromatic N) is 2. The first-order chi connectivity index (χ1) is 12.8. The lowest BCUT2D eigenvalue weighted by molar-refractivity contribution is 0.0955. The quantitative estimate of drug-likeness (QED) is 0.634. The van der Waals surface area contributed by atoms with Crippen LogP contribution in [0.25, 0.3) is 0 Å². The van der Waals surface area contributed by atoms with Crippen LogP contribution in [0, 0.1) is 5.41 Å². The Morgan fingerprint density at radius 2 is 1.70 bits per heavy atom. The fourth-order valence-electron chi connectivity index (χ4n) is 3.72. The van der Waals surface area contributed by atoms with Gasteiger partial charge in [0.15, 0.2) is 0 Å². The normalized spacial score (nSPS) is 20.9. The van der Waals surface area contributed by atoms with Gasteiger partial charge in [0.25, 0.3) is 5.91 Å². The fraction of sp³-hybridized carbons (Fsp3) is 0.304. The van der Waals surface area contributed by atoms with Crippen molar-refractivity contribution in [2.45, 2.75) is 33.1 Å². The maximum atomic E-state index is 12.1. The van der Waals surface area contributed by atoms with E-state index in [0.717, 1.165) is 5.70 Å². The highest BCUT2D eigenvalue weighted by atomic mass is 16.2. The molecule has 0 aromatic heterocycles. The molecule has 0 saturated carbocycles. The van der Waals surface area contributed by atoms with Crippen LogP contribution in [0.15, 0.2) is 71.5 Å². The minimum absolute atomic E-state index is 0.0147. The number of hydrogen-bond acceptors (Lipinski definition) is 3. The number of hydrazone groups is 1. The highest BCUT2D eigenvalue weighted by Crippen LogP contribution is 2.55. The molecule has 1 atom stereocenters. The Kier molecular flexibility index (Phi) is 4.92. The van der Waals surface area contributed by atoms with Crippen molar-refractivity contribution in [2.75, 3.05) is 11.9 Å². The molecule has 1 N–H and O–H groups in total. The number of fused-ring (bicyclic) bond motifs is 1. The van der Waals surface area contributed by atoms with Gasteiger partial charge in [0, 0.05) is 35.6 Å². The zero-order chi connectivity index (χ0) is 19.7. The van der Waals surface area contributed by atoms with Gasteiger partial charge in [-0.1, -0.05) is 57.2 Å². The average Bonchev–Trinajstić information content (AvgIpc) is 2.88. The predicted molar refractivity (Wildman–Crippen MR) is 112 cm³/mol. The van der Waals surface area contributed by atoms with Gasteiger partial charge >= 0.3 is 0 Å². The number of nitrogens with one attached hydrogen (secondary N) is 1. The summed E-state index contributed by atoms with van der Waals surface area (Å²) < 4.78 is 0. The van der Waals surface area contributed by atoms with Gasteiger partial charge in [-0.2, -0.15) is 5.10 Å². The molecule has 0 radical (unpaired) electrons. The van der Waals surface area contributed by atoms with E-state index in [2.05, 4.69) is 74.4 Å². The molecule has 1 amide bonds. The van der Waals surface area contributed by atoms with Crippen LogP contribution < -0.4 is 10.3 Å². The van der Waals surface area contributed by atoms with E-state index in [1.807, 2.05) is 24.3 Å². The molecule has 1 aliphatic rings. The van der Waals surface area contributed by atoms with Gasteiger partial charge < -0.3 is 4.90 Å². The Labute approximate surface area is 161 Å². The third-order valence-electron chi connectivity index (χ3n) is 5.69. The van der Waals surface area contributed by atoms with Crippen LogP contribution in [0.5, 0.6) is 0 Å². The smallest absolute Gasteiger partial charge is 0.271 e. The summed E-state index contributed by atoms with van der Waals surface area (Å²) >= 11 is 0. The first-order valence-electron chi connectivity index (χ1n) is 9.19. The molecule has 1 heterocycles. The number of benzene rings is 2. The molecule has 2 aromatic carbocycles. The third-order valence-corrected chi connectivity index (χ3v) is 5.69. The standard InChI is InChI=1S/C23H27N3O/c1-22(2,3)23(4)18-13-9-10-14-19(18)26(5)20(23)15-16-24-25-21(27)17-11-7-6-8-12-17/h6-16H,1-5H3,(H,25,27)/b20-15-,24-16+. The molecule has 0 bridgehead atoms. The molecular weight excluding hydrogens is 334 g/mol. The minimum Gasteiger partial charge on any atom is -0.347 e. The van der Waals surface area contributed by atoms with E-state index in [-0.39, 0.29) is 16.7 Å². The third kappa shape index (κ3) is 3.27. The molecule has 1 unspecified atom stereocenters. The highest BCUT2D eigenvalue weighted by Gasteiger charge is 2.49. The molecule has 0 aliphatic carbocycles. The van der Waals surface area contributed by atoms with Gasteiger partial charge in [0.1, 0.15) is 0 Å². The van der Waals surface area contributed by atoms with Gasteiger partial charge in [-0.05, 0) is 42.2 Å². The number of amides is 1. The first kappa shape index (κ1) is 18.9. The number of carbonyl (C=O) groups is 1. The fourth-order valence-corrected chi connectivity index (χ4v) is 3.72. The molecule has 2 aromatic rings. The summed E-state index contributed by atoms with van der Waals surface area (Å²) in [7, 11) is 2.08. The van der Waals surface area contributed by atoms with E-state index < -0.39 is 0 Å². The van der Waals surface area contributed by atoms with Crippen LogP contribution in [-0.4, -0.2) is 19.2 Å². The zero-order valence-corrected chi connectivity index (χ0v) is 16.7. The Balaban J connectivity index is 1.87. The Bertz CT molecular complexity index is 893. The molecule has 3 rings (SSSR count). The summed E-state index contributed by atoms with van der Waals surface area (Å²) in [6.45, 7) is 9.04. The molecule has 0 spiro atoms. The van der Waals surface area contributed by atoms with Crippen LogP contribution in [-0.2, 0) is 5.41 Å². The van der Waals surface area contributed by atoms with Crippen molar-refractivity contribution in [3.05, 3.63) is 77.5 Å². The summed E-state index contributed by atoms with van der Waals surface area (Å²) in [6, 6.07) is 17.6. The van der Waals surface area contributed by atoms with Crippen LogP contribution in [0.3, 0.4) is 0 Å². The lowest BCUT2D eigenvalue weighted by Crippen LogP contribution is -2.39. The van der Waals surface area contributed by atoms with E-state index in [4.69, 9.17) is 0 Å². The van der Waals surface area contributed by atoms with Gasteiger partial charge in [-0.25, -0.2) is 5.43 Å². The van der Waals surface area contributed by atoms with Crippen molar-refractivity contribution in [3.8, 4) is 0 Å². The number of para-hydroxylation sites is 1. The number of rotatable bonds is 3. The Hall–Kier alpha value is -2.88. The van der Waals surface area contributed by atoms with Crippen LogP contribution in [0.4, 0.5) is 5.69 Å². The Morgan fingerprint density at radius 1 is 1.07 bits per heavy atom. The van der Waals surface area contributed by atoms with Crippen molar-refractivity contribution in [1.82, 2.24) is 5.43 Å². The molecule has 0 fully saturated rings. The van der Waals surface area contributed by atoms with Crippen molar-refractivity contribution < 1.29 is 4.79 Å². The number of allylic oxidation sites excluding steroid dienone is 2. The molecule has 0 saturated heterocycles.